The molecule has 0 fully saturated rings. The van der Waals surface area contributed by atoms with Crippen molar-refractivity contribution < 1.29 is 4.79 Å². The predicted molar refractivity (Wildman–Crippen MR) is 50.6 cm³/mol. The highest BCUT2D eigenvalue weighted by atomic mass is 16.1. The van der Waals surface area contributed by atoms with Gasteiger partial charge in [-0.3, -0.25) is 4.79 Å². The van der Waals surface area contributed by atoms with E-state index in [9.17, 15) is 4.79 Å². The number of Topliss-reactive ketones (excluding diaryl/α,β-unsaturated/α-hetero) is 1. The molecule has 0 aliphatic carbocycles. The van der Waals surface area contributed by atoms with Crippen LogP contribution in [0.2, 0.25) is 0 Å². The lowest BCUT2D eigenvalue weighted by Gasteiger charge is -2.15. The van der Waals surface area contributed by atoms with Crippen molar-refractivity contribution in [3.8, 4) is 0 Å². The average Bonchev–Trinajstić information content (AvgIpc) is 2.01. The zero-order valence-electron chi connectivity index (χ0n) is 8.46. The van der Waals surface area contributed by atoms with Crippen molar-refractivity contribution in [2.24, 2.45) is 5.41 Å². The maximum absolute atomic E-state index is 11.7. The van der Waals surface area contributed by atoms with Crippen LogP contribution >= 0.6 is 0 Å². The minimum Gasteiger partial charge on any atom is -0.292 e. The summed E-state index contributed by atoms with van der Waals surface area (Å²) in [6.45, 7) is 7.49. The lowest BCUT2D eigenvalue weighted by molar-refractivity contribution is 0.0852. The number of carbonyl (C=O) groups is 1. The summed E-state index contributed by atoms with van der Waals surface area (Å²) in [7, 11) is 0. The number of rotatable bonds is 1. The summed E-state index contributed by atoms with van der Waals surface area (Å²) in [5, 5.41) is 0. The quantitative estimate of drug-likeness (QED) is 0.618. The number of aromatic nitrogens is 2. The molecule has 0 aliphatic heterocycles. The van der Waals surface area contributed by atoms with Gasteiger partial charge in [-0.2, -0.15) is 0 Å². The van der Waals surface area contributed by atoms with Gasteiger partial charge in [-0.05, 0) is 13.0 Å². The number of nitrogens with zero attached hydrogens (tertiary/aromatic N) is 2. The van der Waals surface area contributed by atoms with Crippen LogP contribution in [-0.2, 0) is 0 Å². The third kappa shape index (κ3) is 2.34. The summed E-state index contributed by atoms with van der Waals surface area (Å²) in [5.74, 6) is 0.0537. The first-order chi connectivity index (χ1) is 5.91. The summed E-state index contributed by atoms with van der Waals surface area (Å²) in [4.78, 5) is 19.6. The van der Waals surface area contributed by atoms with Crippen molar-refractivity contribution in [1.29, 1.82) is 0 Å². The highest BCUT2D eigenvalue weighted by Crippen LogP contribution is 2.19. The molecule has 0 atom stereocenters. The van der Waals surface area contributed by atoms with E-state index in [0.29, 0.717) is 5.69 Å². The van der Waals surface area contributed by atoms with Gasteiger partial charge in [-0.1, -0.05) is 20.8 Å². The molecule has 1 aromatic heterocycles. The fraction of sp³-hybridized carbons (Fsp3) is 0.500. The van der Waals surface area contributed by atoms with Crippen LogP contribution in [0.5, 0.6) is 0 Å². The third-order valence-corrected chi connectivity index (χ3v) is 1.72. The second kappa shape index (κ2) is 3.24. The van der Waals surface area contributed by atoms with E-state index in [1.54, 1.807) is 6.07 Å². The highest BCUT2D eigenvalue weighted by molar-refractivity contribution is 5.98. The highest BCUT2D eigenvalue weighted by Gasteiger charge is 2.23. The molecule has 0 radical (unpaired) electrons. The van der Waals surface area contributed by atoms with Crippen LogP contribution in [0.4, 0.5) is 0 Å². The van der Waals surface area contributed by atoms with E-state index < -0.39 is 0 Å². The van der Waals surface area contributed by atoms with Crippen LogP contribution in [0.25, 0.3) is 0 Å². The Balaban J connectivity index is 3.03. The third-order valence-electron chi connectivity index (χ3n) is 1.72. The number of hydrogen-bond donors (Lipinski definition) is 0. The summed E-state index contributed by atoms with van der Waals surface area (Å²) >= 11 is 0. The SMILES string of the molecule is Cc1cc(C(=O)C(C)(C)C)ncn1. The van der Waals surface area contributed by atoms with Crippen molar-refractivity contribution in [2.45, 2.75) is 27.7 Å². The number of aryl methyl sites for hydroxylation is 1. The van der Waals surface area contributed by atoms with Crippen molar-refractivity contribution >= 4 is 5.78 Å². The Hall–Kier alpha value is -1.25. The minimum atomic E-state index is -0.374. The van der Waals surface area contributed by atoms with Crippen molar-refractivity contribution in [1.82, 2.24) is 9.97 Å². The Labute approximate surface area is 78.2 Å². The summed E-state index contributed by atoms with van der Waals surface area (Å²) in [6.07, 6.45) is 1.42. The molecule has 3 nitrogen and oxygen atoms in total. The van der Waals surface area contributed by atoms with Gasteiger partial charge in [0.15, 0.2) is 5.78 Å². The molecule has 0 spiro atoms. The molecule has 0 saturated carbocycles. The van der Waals surface area contributed by atoms with Crippen molar-refractivity contribution in [2.75, 3.05) is 0 Å². The van der Waals surface area contributed by atoms with Crippen LogP contribution in [0.1, 0.15) is 37.0 Å². The standard InChI is InChI=1S/C10H14N2O/c1-7-5-8(12-6-11-7)9(13)10(2,3)4/h5-6H,1-4H3. The van der Waals surface area contributed by atoms with E-state index >= 15 is 0 Å². The topological polar surface area (TPSA) is 42.9 Å². The maximum Gasteiger partial charge on any atom is 0.186 e. The second-order valence-corrected chi connectivity index (χ2v) is 4.12. The Kier molecular flexibility index (Phi) is 2.45. The van der Waals surface area contributed by atoms with E-state index in [2.05, 4.69) is 9.97 Å². The first-order valence-electron chi connectivity index (χ1n) is 4.25. The van der Waals surface area contributed by atoms with Gasteiger partial charge in [0.05, 0.1) is 0 Å². The van der Waals surface area contributed by atoms with Gasteiger partial charge < -0.3 is 0 Å². The molecule has 13 heavy (non-hydrogen) atoms. The molecule has 0 aliphatic rings. The van der Waals surface area contributed by atoms with Gasteiger partial charge in [0, 0.05) is 11.1 Å². The van der Waals surface area contributed by atoms with Crippen molar-refractivity contribution in [3.05, 3.63) is 23.8 Å². The molecular weight excluding hydrogens is 164 g/mol. The summed E-state index contributed by atoms with van der Waals surface area (Å²) in [6, 6.07) is 1.72. The van der Waals surface area contributed by atoms with E-state index in [4.69, 9.17) is 0 Å². The molecule has 1 rings (SSSR count). The van der Waals surface area contributed by atoms with Crippen LogP contribution in [0.3, 0.4) is 0 Å². The largest absolute Gasteiger partial charge is 0.292 e. The fourth-order valence-corrected chi connectivity index (χ4v) is 0.963. The fourth-order valence-electron chi connectivity index (χ4n) is 0.963. The molecule has 1 heterocycles. The van der Waals surface area contributed by atoms with E-state index in [0.717, 1.165) is 5.69 Å². The molecule has 0 saturated heterocycles. The first-order valence-corrected chi connectivity index (χ1v) is 4.25. The van der Waals surface area contributed by atoms with Gasteiger partial charge >= 0.3 is 0 Å². The second-order valence-electron chi connectivity index (χ2n) is 4.12. The molecule has 0 unspecified atom stereocenters. The Morgan fingerprint density at radius 2 is 1.92 bits per heavy atom. The van der Waals surface area contributed by atoms with Crippen LogP contribution in [-0.4, -0.2) is 15.8 Å². The van der Waals surface area contributed by atoms with Crippen LogP contribution < -0.4 is 0 Å². The van der Waals surface area contributed by atoms with Gasteiger partial charge in [0.2, 0.25) is 0 Å². The lowest BCUT2D eigenvalue weighted by Crippen LogP contribution is -2.21. The summed E-state index contributed by atoms with van der Waals surface area (Å²) in [5.41, 5.74) is 0.948. The van der Waals surface area contributed by atoms with E-state index in [-0.39, 0.29) is 11.2 Å². The van der Waals surface area contributed by atoms with Crippen LogP contribution in [0.15, 0.2) is 12.4 Å². The molecule has 0 N–H and O–H groups in total. The first kappa shape index (κ1) is 9.84. The monoisotopic (exact) mass is 178 g/mol. The zero-order valence-corrected chi connectivity index (χ0v) is 8.46. The normalized spacial score (nSPS) is 11.4. The summed E-state index contributed by atoms with van der Waals surface area (Å²) < 4.78 is 0. The molecular formula is C10H14N2O. The Morgan fingerprint density at radius 1 is 1.31 bits per heavy atom. The van der Waals surface area contributed by atoms with E-state index in [1.807, 2.05) is 27.7 Å². The average molecular weight is 178 g/mol. The number of carbonyl (C=O) groups excluding carboxylic acids is 1. The molecule has 0 amide bonds. The predicted octanol–water partition coefficient (Wildman–Crippen LogP) is 2.01. The Bertz CT molecular complexity index is 326. The lowest BCUT2D eigenvalue weighted by atomic mass is 9.89. The molecule has 0 bridgehead atoms. The molecule has 1 aromatic rings. The number of ketones is 1. The van der Waals surface area contributed by atoms with Gasteiger partial charge in [0.25, 0.3) is 0 Å². The molecule has 3 heteroatoms. The minimum absolute atomic E-state index is 0.0537. The Morgan fingerprint density at radius 3 is 2.38 bits per heavy atom. The molecule has 0 aromatic carbocycles. The van der Waals surface area contributed by atoms with Gasteiger partial charge in [-0.25, -0.2) is 9.97 Å². The van der Waals surface area contributed by atoms with Gasteiger partial charge in [-0.15, -0.1) is 0 Å². The van der Waals surface area contributed by atoms with Crippen LogP contribution in [0, 0.1) is 12.3 Å². The number of hydrogen-bond acceptors (Lipinski definition) is 3. The zero-order chi connectivity index (χ0) is 10.1. The maximum atomic E-state index is 11.7. The molecule has 70 valence electrons. The smallest absolute Gasteiger partial charge is 0.186 e. The van der Waals surface area contributed by atoms with Gasteiger partial charge in [0.1, 0.15) is 12.0 Å². The van der Waals surface area contributed by atoms with E-state index in [1.165, 1.54) is 6.33 Å². The van der Waals surface area contributed by atoms with Crippen molar-refractivity contribution in [3.63, 3.8) is 0 Å².